The van der Waals surface area contributed by atoms with E-state index < -0.39 is 70.5 Å². The molecule has 232 valence electrons. The van der Waals surface area contributed by atoms with Gasteiger partial charge in [0.15, 0.2) is 5.79 Å². The van der Waals surface area contributed by atoms with E-state index in [0.717, 1.165) is 38.2 Å². The lowest BCUT2D eigenvalue weighted by Crippen LogP contribution is -2.45. The molecule has 1 aliphatic carbocycles. The Kier molecular flexibility index (Phi) is 12.1. The Labute approximate surface area is 240 Å². The van der Waals surface area contributed by atoms with Crippen molar-refractivity contribution in [1.29, 1.82) is 0 Å². The maximum Gasteiger partial charge on any atom is 0.335 e. The Bertz CT molecular complexity index is 1140. The standard InChI is InChI=1S/C28H42FNO10S/c1-3-5-6-7-8-9-18-14-19(29)10-11-21(18)30-41(36,37)24-12-13-28(15-20(24)27(35)38-4-2)39-25(22(33)16-31)26(40-28)23(34)17-32/h10-11,14-15,22-26,30-34H,3-9,12-13,16-17H2,1-2H3. The van der Waals surface area contributed by atoms with Gasteiger partial charge < -0.3 is 34.6 Å². The maximum absolute atomic E-state index is 14.1. The lowest BCUT2D eigenvalue weighted by atomic mass is 9.94. The van der Waals surface area contributed by atoms with Gasteiger partial charge in [0.1, 0.15) is 35.5 Å². The van der Waals surface area contributed by atoms with Gasteiger partial charge in [0.2, 0.25) is 10.0 Å². The van der Waals surface area contributed by atoms with Gasteiger partial charge >= 0.3 is 5.97 Å². The second-order valence-electron chi connectivity index (χ2n) is 10.4. The molecule has 0 saturated carbocycles. The first-order valence-electron chi connectivity index (χ1n) is 14.1. The Balaban J connectivity index is 1.91. The van der Waals surface area contributed by atoms with Crippen molar-refractivity contribution in [1.82, 2.24) is 0 Å². The highest BCUT2D eigenvalue weighted by Gasteiger charge is 2.55. The predicted molar refractivity (Wildman–Crippen MR) is 148 cm³/mol. The second-order valence-corrected chi connectivity index (χ2v) is 12.3. The molecule has 1 saturated heterocycles. The summed E-state index contributed by atoms with van der Waals surface area (Å²) in [5.41, 5.74) is 0.448. The fourth-order valence-corrected chi connectivity index (χ4v) is 6.81. The van der Waals surface area contributed by atoms with E-state index in [9.17, 15) is 38.0 Å². The van der Waals surface area contributed by atoms with Crippen molar-refractivity contribution in [3.63, 3.8) is 0 Å². The van der Waals surface area contributed by atoms with Gasteiger partial charge in [0.05, 0.1) is 31.1 Å². The van der Waals surface area contributed by atoms with Crippen LogP contribution >= 0.6 is 0 Å². The summed E-state index contributed by atoms with van der Waals surface area (Å²) in [6, 6.07) is 3.82. The molecule has 5 unspecified atom stereocenters. The summed E-state index contributed by atoms with van der Waals surface area (Å²) in [4.78, 5) is 13.0. The minimum absolute atomic E-state index is 0.0388. The summed E-state index contributed by atoms with van der Waals surface area (Å²) in [7, 11) is -4.27. The van der Waals surface area contributed by atoms with Crippen LogP contribution in [-0.4, -0.2) is 90.1 Å². The van der Waals surface area contributed by atoms with Crippen molar-refractivity contribution in [2.24, 2.45) is 0 Å². The van der Waals surface area contributed by atoms with E-state index in [-0.39, 0.29) is 30.7 Å². The summed E-state index contributed by atoms with van der Waals surface area (Å²) in [5.74, 6) is -3.14. The number of esters is 1. The summed E-state index contributed by atoms with van der Waals surface area (Å²) in [6.07, 6.45) is 0.730. The lowest BCUT2D eigenvalue weighted by Gasteiger charge is -2.34. The van der Waals surface area contributed by atoms with Crippen LogP contribution in [-0.2, 0) is 35.4 Å². The summed E-state index contributed by atoms with van der Waals surface area (Å²) >= 11 is 0. The summed E-state index contributed by atoms with van der Waals surface area (Å²) < 4.78 is 60.9. The highest BCUT2D eigenvalue weighted by molar-refractivity contribution is 7.93. The third kappa shape index (κ3) is 8.25. The van der Waals surface area contributed by atoms with Gasteiger partial charge in [-0.15, -0.1) is 0 Å². The largest absolute Gasteiger partial charge is 0.463 e. The van der Waals surface area contributed by atoms with Crippen molar-refractivity contribution < 1.29 is 52.2 Å². The van der Waals surface area contributed by atoms with Crippen LogP contribution in [0.25, 0.3) is 0 Å². The van der Waals surface area contributed by atoms with Crippen LogP contribution in [0.15, 0.2) is 29.8 Å². The SMILES string of the molecule is CCCCCCCc1cc(F)ccc1NS(=O)(=O)C1CCC2(C=C1C(=O)OCC)OC(C(O)CO)C(C(O)CO)O2. The molecule has 13 heteroatoms. The minimum Gasteiger partial charge on any atom is -0.463 e. The number of anilines is 1. The van der Waals surface area contributed by atoms with Crippen LogP contribution < -0.4 is 4.72 Å². The second kappa shape index (κ2) is 14.9. The summed E-state index contributed by atoms with van der Waals surface area (Å²) in [5, 5.41) is 38.0. The van der Waals surface area contributed by atoms with Crippen LogP contribution in [0, 0.1) is 5.82 Å². The minimum atomic E-state index is -4.27. The van der Waals surface area contributed by atoms with Crippen molar-refractivity contribution in [3.05, 3.63) is 41.2 Å². The summed E-state index contributed by atoms with van der Waals surface area (Å²) in [6.45, 7) is 2.17. The highest BCUT2D eigenvalue weighted by Crippen LogP contribution is 2.43. The number of carbonyl (C=O) groups excluding carboxylic acids is 1. The third-order valence-electron chi connectivity index (χ3n) is 7.36. The van der Waals surface area contributed by atoms with Crippen LogP contribution in [0.1, 0.15) is 64.4 Å². The van der Waals surface area contributed by atoms with Gasteiger partial charge in [-0.25, -0.2) is 17.6 Å². The fraction of sp³-hybridized carbons (Fsp3) is 0.679. The molecule has 1 heterocycles. The molecule has 2 aliphatic rings. The number of hydrogen-bond donors (Lipinski definition) is 5. The first kappa shape index (κ1) is 33.4. The van der Waals surface area contributed by atoms with Crippen LogP contribution in [0.4, 0.5) is 10.1 Å². The topological polar surface area (TPSA) is 172 Å². The van der Waals surface area contributed by atoms with Crippen LogP contribution in [0.5, 0.6) is 0 Å². The van der Waals surface area contributed by atoms with E-state index in [0.29, 0.717) is 12.0 Å². The van der Waals surface area contributed by atoms with Gasteiger partial charge in [0, 0.05) is 6.42 Å². The number of ether oxygens (including phenoxy) is 3. The molecule has 3 rings (SSSR count). The van der Waals surface area contributed by atoms with E-state index in [1.807, 2.05) is 0 Å². The molecule has 0 bridgehead atoms. The van der Waals surface area contributed by atoms with Crippen molar-refractivity contribution in [3.8, 4) is 0 Å². The lowest BCUT2D eigenvalue weighted by molar-refractivity contribution is -0.164. The molecule has 0 amide bonds. The molecule has 1 spiro atoms. The number of benzene rings is 1. The van der Waals surface area contributed by atoms with Crippen molar-refractivity contribution in [2.45, 2.75) is 101 Å². The molecule has 5 atom stereocenters. The first-order chi connectivity index (χ1) is 19.5. The molecule has 1 aromatic rings. The Morgan fingerprint density at radius 3 is 2.32 bits per heavy atom. The maximum atomic E-state index is 14.1. The number of sulfonamides is 1. The molecule has 11 nitrogen and oxygen atoms in total. The molecule has 5 N–H and O–H groups in total. The fourth-order valence-electron chi connectivity index (χ4n) is 5.24. The van der Waals surface area contributed by atoms with Gasteiger partial charge in [-0.2, -0.15) is 0 Å². The predicted octanol–water partition coefficient (Wildman–Crippen LogP) is 1.92. The number of rotatable bonds is 15. The zero-order valence-electron chi connectivity index (χ0n) is 23.5. The number of aliphatic hydroxyl groups is 4. The molecular formula is C28H42FNO10S. The highest BCUT2D eigenvalue weighted by atomic mass is 32.2. The van der Waals surface area contributed by atoms with E-state index >= 15 is 0 Å². The molecule has 41 heavy (non-hydrogen) atoms. The average molecular weight is 604 g/mol. The number of carbonyl (C=O) groups is 1. The number of aryl methyl sites for hydroxylation is 1. The van der Waals surface area contributed by atoms with Crippen LogP contribution in [0.3, 0.4) is 0 Å². The Morgan fingerprint density at radius 1 is 1.10 bits per heavy atom. The van der Waals surface area contributed by atoms with E-state index in [1.54, 1.807) is 6.92 Å². The molecule has 1 aromatic carbocycles. The van der Waals surface area contributed by atoms with Crippen molar-refractivity contribution >= 4 is 21.7 Å². The Morgan fingerprint density at radius 2 is 1.73 bits per heavy atom. The average Bonchev–Trinajstić information content (AvgIpc) is 3.31. The van der Waals surface area contributed by atoms with Crippen LogP contribution in [0.2, 0.25) is 0 Å². The molecule has 0 radical (unpaired) electrons. The Hall–Kier alpha value is -2.13. The number of unbranched alkanes of at least 4 members (excludes halogenated alkanes) is 4. The van der Waals surface area contributed by atoms with E-state index in [1.165, 1.54) is 18.2 Å². The van der Waals surface area contributed by atoms with Gasteiger partial charge in [0.25, 0.3) is 0 Å². The zero-order valence-corrected chi connectivity index (χ0v) is 24.3. The smallest absolute Gasteiger partial charge is 0.335 e. The van der Waals surface area contributed by atoms with Gasteiger partial charge in [-0.05, 0) is 56.0 Å². The third-order valence-corrected chi connectivity index (χ3v) is 9.10. The van der Waals surface area contributed by atoms with Crippen molar-refractivity contribution in [2.75, 3.05) is 24.5 Å². The molecule has 1 aliphatic heterocycles. The number of hydrogen-bond acceptors (Lipinski definition) is 10. The number of aliphatic hydroxyl groups excluding tert-OH is 4. The monoisotopic (exact) mass is 603 g/mol. The quantitative estimate of drug-likeness (QED) is 0.147. The number of halogens is 1. The van der Waals surface area contributed by atoms with Gasteiger partial charge in [-0.3, -0.25) is 4.72 Å². The van der Waals surface area contributed by atoms with E-state index in [2.05, 4.69) is 11.6 Å². The molecule has 1 fully saturated rings. The zero-order chi connectivity index (χ0) is 30.2. The number of nitrogens with one attached hydrogen (secondary N) is 1. The first-order valence-corrected chi connectivity index (χ1v) is 15.7. The normalized spacial score (nSPS) is 26.0. The molecule has 0 aromatic heterocycles. The molecular weight excluding hydrogens is 561 g/mol. The van der Waals surface area contributed by atoms with E-state index in [4.69, 9.17) is 14.2 Å². The van der Waals surface area contributed by atoms with Gasteiger partial charge in [-0.1, -0.05) is 32.6 Å².